The van der Waals surface area contributed by atoms with Crippen LogP contribution in [0.1, 0.15) is 59.8 Å². The van der Waals surface area contributed by atoms with Crippen molar-refractivity contribution in [2.75, 3.05) is 52.4 Å². The molecular weight excluding hydrogens is 386 g/mol. The molecule has 8 heteroatoms. The first kappa shape index (κ1) is 24.4. The second-order valence-electron chi connectivity index (χ2n) is 9.22. The number of amides is 2. The van der Waals surface area contributed by atoms with E-state index in [1.807, 2.05) is 27.7 Å². The number of hydrogen-bond donors (Lipinski definition) is 0. The summed E-state index contributed by atoms with van der Waals surface area (Å²) < 4.78 is 11.0. The van der Waals surface area contributed by atoms with Crippen molar-refractivity contribution < 1.29 is 23.9 Å². The van der Waals surface area contributed by atoms with Gasteiger partial charge in [-0.2, -0.15) is 0 Å². The van der Waals surface area contributed by atoms with Crippen molar-refractivity contribution in [1.29, 1.82) is 0 Å². The minimum Gasteiger partial charge on any atom is -0.465 e. The van der Waals surface area contributed by atoms with Gasteiger partial charge in [0.1, 0.15) is 5.60 Å². The van der Waals surface area contributed by atoms with Crippen molar-refractivity contribution in [3.05, 3.63) is 0 Å². The van der Waals surface area contributed by atoms with Crippen LogP contribution < -0.4 is 0 Å². The zero-order chi connectivity index (χ0) is 22.1. The summed E-state index contributed by atoms with van der Waals surface area (Å²) in [6, 6.07) is 0. The van der Waals surface area contributed by atoms with Crippen LogP contribution in [0.2, 0.25) is 0 Å². The fourth-order valence-corrected chi connectivity index (χ4v) is 3.90. The third-order valence-corrected chi connectivity index (χ3v) is 5.51. The maximum absolute atomic E-state index is 12.4. The molecule has 172 valence electrons. The Bertz CT molecular complexity index is 590. The van der Waals surface area contributed by atoms with Gasteiger partial charge in [-0.05, 0) is 53.0 Å². The van der Waals surface area contributed by atoms with E-state index < -0.39 is 5.60 Å². The van der Waals surface area contributed by atoms with E-state index in [-0.39, 0.29) is 23.9 Å². The Morgan fingerprint density at radius 3 is 2.40 bits per heavy atom. The van der Waals surface area contributed by atoms with Crippen LogP contribution in [-0.2, 0) is 19.1 Å². The lowest BCUT2D eigenvalue weighted by atomic mass is 9.98. The Hall–Kier alpha value is -1.83. The SMILES string of the molecule is CCC(=O)N1CCC[C@@H](C(=O)OCCCN2CCCN(C(=O)OC(C)(C)C)CC2)C1. The predicted octanol–water partition coefficient (Wildman–Crippen LogP) is 2.51. The summed E-state index contributed by atoms with van der Waals surface area (Å²) in [5.41, 5.74) is -0.480. The second-order valence-corrected chi connectivity index (χ2v) is 9.22. The number of esters is 1. The Morgan fingerprint density at radius 2 is 1.70 bits per heavy atom. The van der Waals surface area contributed by atoms with Gasteiger partial charge in [0.05, 0.1) is 12.5 Å². The Kier molecular flexibility index (Phi) is 9.39. The number of rotatable bonds is 6. The molecule has 0 spiro atoms. The third kappa shape index (κ3) is 8.13. The van der Waals surface area contributed by atoms with Gasteiger partial charge in [0.15, 0.2) is 0 Å². The Balaban J connectivity index is 1.65. The maximum atomic E-state index is 12.4. The molecule has 30 heavy (non-hydrogen) atoms. The number of carbonyl (C=O) groups excluding carboxylic acids is 3. The average Bonchev–Trinajstić information content (AvgIpc) is 2.95. The highest BCUT2D eigenvalue weighted by molar-refractivity contribution is 5.78. The van der Waals surface area contributed by atoms with E-state index in [9.17, 15) is 14.4 Å². The smallest absolute Gasteiger partial charge is 0.410 e. The van der Waals surface area contributed by atoms with Gasteiger partial charge in [0.2, 0.25) is 5.91 Å². The second kappa shape index (κ2) is 11.5. The van der Waals surface area contributed by atoms with Crippen molar-refractivity contribution in [3.63, 3.8) is 0 Å². The molecule has 2 fully saturated rings. The van der Waals surface area contributed by atoms with E-state index in [4.69, 9.17) is 9.47 Å². The largest absolute Gasteiger partial charge is 0.465 e. The number of ether oxygens (including phenoxy) is 2. The zero-order valence-corrected chi connectivity index (χ0v) is 19.2. The zero-order valence-electron chi connectivity index (χ0n) is 19.2. The predicted molar refractivity (Wildman–Crippen MR) is 114 cm³/mol. The van der Waals surface area contributed by atoms with Gasteiger partial charge in [-0.15, -0.1) is 0 Å². The monoisotopic (exact) mass is 425 g/mol. The Labute approximate surface area is 180 Å². The number of likely N-dealkylation sites (tertiary alicyclic amines) is 1. The van der Waals surface area contributed by atoms with Gasteiger partial charge < -0.3 is 24.2 Å². The molecular formula is C22H39N3O5. The van der Waals surface area contributed by atoms with Crippen LogP contribution in [0.25, 0.3) is 0 Å². The van der Waals surface area contributed by atoms with Crippen LogP contribution in [0.4, 0.5) is 4.79 Å². The van der Waals surface area contributed by atoms with Gasteiger partial charge >= 0.3 is 12.1 Å². The van der Waals surface area contributed by atoms with Crippen LogP contribution in [0, 0.1) is 5.92 Å². The molecule has 0 aliphatic carbocycles. The van der Waals surface area contributed by atoms with E-state index >= 15 is 0 Å². The fraction of sp³-hybridized carbons (Fsp3) is 0.864. The normalized spacial score (nSPS) is 21.1. The lowest BCUT2D eigenvalue weighted by molar-refractivity contribution is -0.152. The molecule has 0 unspecified atom stereocenters. The van der Waals surface area contributed by atoms with Crippen LogP contribution >= 0.6 is 0 Å². The molecule has 0 aromatic heterocycles. The van der Waals surface area contributed by atoms with Crippen LogP contribution in [-0.4, -0.2) is 90.7 Å². The van der Waals surface area contributed by atoms with E-state index in [1.54, 1.807) is 9.80 Å². The van der Waals surface area contributed by atoms with Crippen LogP contribution in [0.3, 0.4) is 0 Å². The summed E-state index contributed by atoms with van der Waals surface area (Å²) in [6.07, 6.45) is 3.54. The summed E-state index contributed by atoms with van der Waals surface area (Å²) in [5, 5.41) is 0. The molecule has 1 atom stereocenters. The summed E-state index contributed by atoms with van der Waals surface area (Å²) >= 11 is 0. The van der Waals surface area contributed by atoms with Crippen molar-refractivity contribution >= 4 is 18.0 Å². The topological polar surface area (TPSA) is 79.4 Å². The molecule has 2 aliphatic heterocycles. The minimum atomic E-state index is -0.480. The quantitative estimate of drug-likeness (QED) is 0.481. The van der Waals surface area contributed by atoms with Crippen LogP contribution in [0.15, 0.2) is 0 Å². The van der Waals surface area contributed by atoms with Crippen molar-refractivity contribution in [2.45, 2.75) is 65.4 Å². The number of nitrogens with zero attached hydrogens (tertiary/aromatic N) is 3. The molecule has 0 aromatic rings. The van der Waals surface area contributed by atoms with Crippen molar-refractivity contribution in [3.8, 4) is 0 Å². The van der Waals surface area contributed by atoms with Crippen LogP contribution in [0.5, 0.6) is 0 Å². The number of piperidine rings is 1. The molecule has 0 N–H and O–H groups in total. The molecule has 0 aromatic carbocycles. The summed E-state index contributed by atoms with van der Waals surface area (Å²) in [4.78, 5) is 42.3. The van der Waals surface area contributed by atoms with E-state index in [1.165, 1.54) is 0 Å². The average molecular weight is 426 g/mol. The van der Waals surface area contributed by atoms with E-state index in [0.717, 1.165) is 51.9 Å². The maximum Gasteiger partial charge on any atom is 0.410 e. The van der Waals surface area contributed by atoms with Gasteiger partial charge in [0, 0.05) is 45.7 Å². The Morgan fingerprint density at radius 1 is 0.967 bits per heavy atom. The highest BCUT2D eigenvalue weighted by Crippen LogP contribution is 2.19. The lowest BCUT2D eigenvalue weighted by Crippen LogP contribution is -2.42. The number of hydrogen-bond acceptors (Lipinski definition) is 6. The summed E-state index contributed by atoms with van der Waals surface area (Å²) in [7, 11) is 0. The molecule has 2 rings (SSSR count). The summed E-state index contributed by atoms with van der Waals surface area (Å²) in [5.74, 6) is -0.278. The van der Waals surface area contributed by atoms with Crippen molar-refractivity contribution in [2.24, 2.45) is 5.92 Å². The highest BCUT2D eigenvalue weighted by atomic mass is 16.6. The molecule has 0 radical (unpaired) electrons. The van der Waals surface area contributed by atoms with Gasteiger partial charge in [-0.1, -0.05) is 6.92 Å². The molecule has 0 saturated carbocycles. The standard InChI is InChI=1S/C22H39N3O5/c1-5-19(26)25-12-6-9-18(17-25)20(27)29-16-8-11-23-10-7-13-24(15-14-23)21(28)30-22(2,3)4/h18H,5-17H2,1-4H3/t18-/m1/s1. The van der Waals surface area contributed by atoms with E-state index in [2.05, 4.69) is 4.90 Å². The molecule has 2 heterocycles. The summed E-state index contributed by atoms with van der Waals surface area (Å²) in [6.45, 7) is 13.0. The first-order valence-electron chi connectivity index (χ1n) is 11.3. The van der Waals surface area contributed by atoms with Gasteiger partial charge in [0.25, 0.3) is 0 Å². The first-order valence-corrected chi connectivity index (χ1v) is 11.3. The number of carbonyl (C=O) groups is 3. The fourth-order valence-electron chi connectivity index (χ4n) is 3.90. The van der Waals surface area contributed by atoms with Gasteiger partial charge in [-0.3, -0.25) is 9.59 Å². The molecule has 2 saturated heterocycles. The third-order valence-electron chi connectivity index (χ3n) is 5.51. The van der Waals surface area contributed by atoms with E-state index in [0.29, 0.717) is 32.7 Å². The minimum absolute atomic E-state index is 0.106. The highest BCUT2D eigenvalue weighted by Gasteiger charge is 2.29. The molecule has 2 amide bonds. The lowest BCUT2D eigenvalue weighted by Gasteiger charge is -2.31. The molecule has 8 nitrogen and oxygen atoms in total. The van der Waals surface area contributed by atoms with Gasteiger partial charge in [-0.25, -0.2) is 4.79 Å². The van der Waals surface area contributed by atoms with Crippen molar-refractivity contribution in [1.82, 2.24) is 14.7 Å². The first-order chi connectivity index (χ1) is 14.2. The molecule has 2 aliphatic rings. The molecule has 0 bridgehead atoms.